The van der Waals surface area contributed by atoms with Crippen molar-refractivity contribution in [3.8, 4) is 0 Å². The Bertz CT molecular complexity index is 490. The van der Waals surface area contributed by atoms with Crippen LogP contribution in [0.3, 0.4) is 0 Å². The Morgan fingerprint density at radius 1 is 0.621 bits per heavy atom. The summed E-state index contributed by atoms with van der Waals surface area (Å²) in [6.07, 6.45) is 21.3. The number of rotatable bonds is 20. The SMILES string of the molecule is CCCCCCCCCCCCCCCCCC(C)(C)C(N)(CCC)S(=O)(=O)O. The van der Waals surface area contributed by atoms with Crippen molar-refractivity contribution in [1.29, 1.82) is 0 Å². The van der Waals surface area contributed by atoms with Gasteiger partial charge in [0.25, 0.3) is 10.1 Å². The summed E-state index contributed by atoms with van der Waals surface area (Å²) in [6.45, 7) is 7.92. The minimum absolute atomic E-state index is 0.289. The molecule has 0 bridgehead atoms. The van der Waals surface area contributed by atoms with E-state index in [1.807, 2.05) is 20.8 Å². The largest absolute Gasteiger partial charge is 0.310 e. The third kappa shape index (κ3) is 11.7. The Hall–Kier alpha value is -0.130. The number of unbranched alkanes of at least 4 members (excludes halogenated alkanes) is 14. The number of nitrogens with two attached hydrogens (primary N) is 1. The second-order valence-electron chi connectivity index (χ2n) is 9.70. The van der Waals surface area contributed by atoms with Crippen LogP contribution < -0.4 is 5.73 Å². The molecular formula is C24H51NO3S. The van der Waals surface area contributed by atoms with E-state index in [4.69, 9.17) is 5.73 Å². The van der Waals surface area contributed by atoms with Gasteiger partial charge in [-0.05, 0) is 18.3 Å². The van der Waals surface area contributed by atoms with Gasteiger partial charge in [-0.2, -0.15) is 8.42 Å². The van der Waals surface area contributed by atoms with Crippen LogP contribution in [0.1, 0.15) is 143 Å². The maximum Gasteiger partial charge on any atom is 0.284 e. The zero-order valence-electron chi connectivity index (χ0n) is 20.0. The van der Waals surface area contributed by atoms with Gasteiger partial charge < -0.3 is 5.73 Å². The first-order valence-electron chi connectivity index (χ1n) is 12.4. The van der Waals surface area contributed by atoms with Crippen molar-refractivity contribution >= 4 is 10.1 Å². The Morgan fingerprint density at radius 2 is 0.966 bits per heavy atom. The van der Waals surface area contributed by atoms with Crippen LogP contribution in [0.4, 0.5) is 0 Å². The molecule has 29 heavy (non-hydrogen) atoms. The van der Waals surface area contributed by atoms with E-state index in [0.29, 0.717) is 6.42 Å². The fourth-order valence-corrected chi connectivity index (χ4v) is 5.60. The topological polar surface area (TPSA) is 80.4 Å². The monoisotopic (exact) mass is 433 g/mol. The zero-order chi connectivity index (χ0) is 22.2. The molecule has 0 fully saturated rings. The number of hydrogen-bond donors (Lipinski definition) is 2. The average molecular weight is 434 g/mol. The summed E-state index contributed by atoms with van der Waals surface area (Å²) < 4.78 is 33.4. The molecule has 0 radical (unpaired) electrons. The number of hydrogen-bond acceptors (Lipinski definition) is 3. The molecule has 0 rings (SSSR count). The summed E-state index contributed by atoms with van der Waals surface area (Å²) in [5, 5.41) is 0. The van der Waals surface area contributed by atoms with Crippen molar-refractivity contribution in [2.45, 2.75) is 148 Å². The molecule has 0 aliphatic heterocycles. The van der Waals surface area contributed by atoms with Gasteiger partial charge >= 0.3 is 0 Å². The molecule has 5 heteroatoms. The predicted molar refractivity (Wildman–Crippen MR) is 127 cm³/mol. The highest BCUT2D eigenvalue weighted by Gasteiger charge is 2.50. The van der Waals surface area contributed by atoms with Gasteiger partial charge in [0.1, 0.15) is 4.87 Å². The minimum atomic E-state index is -4.28. The van der Waals surface area contributed by atoms with Crippen molar-refractivity contribution in [3.05, 3.63) is 0 Å². The Labute approximate surface area is 182 Å². The smallest absolute Gasteiger partial charge is 0.284 e. The summed E-state index contributed by atoms with van der Waals surface area (Å²) in [6, 6.07) is 0. The van der Waals surface area contributed by atoms with Gasteiger partial charge in [-0.15, -0.1) is 0 Å². The van der Waals surface area contributed by atoms with Gasteiger partial charge in [0.05, 0.1) is 0 Å². The molecule has 176 valence electrons. The second kappa shape index (κ2) is 15.6. The molecule has 0 aromatic rings. The molecular weight excluding hydrogens is 382 g/mol. The summed E-state index contributed by atoms with van der Waals surface area (Å²) in [7, 11) is -4.28. The molecule has 0 spiro atoms. The highest BCUT2D eigenvalue weighted by atomic mass is 32.2. The molecule has 1 atom stereocenters. The normalized spacial score (nSPS) is 14.8. The summed E-state index contributed by atoms with van der Waals surface area (Å²) in [4.78, 5) is -1.55. The van der Waals surface area contributed by atoms with Crippen LogP contribution in [0.15, 0.2) is 0 Å². The van der Waals surface area contributed by atoms with Crippen molar-refractivity contribution in [1.82, 2.24) is 0 Å². The molecule has 0 amide bonds. The standard InChI is InChI=1S/C24H51NO3S/c1-5-7-8-9-10-11-12-13-14-15-16-17-18-19-20-22-23(3,4)24(25,21-6-2)29(26,27)28/h5-22,25H2,1-4H3,(H,26,27,28). The van der Waals surface area contributed by atoms with Gasteiger partial charge in [0.2, 0.25) is 0 Å². The maximum absolute atomic E-state index is 11.9. The maximum atomic E-state index is 11.9. The lowest BCUT2D eigenvalue weighted by Gasteiger charge is -2.41. The highest BCUT2D eigenvalue weighted by Crippen LogP contribution is 2.40. The Morgan fingerprint density at radius 3 is 1.28 bits per heavy atom. The van der Waals surface area contributed by atoms with Crippen molar-refractivity contribution in [2.75, 3.05) is 0 Å². The van der Waals surface area contributed by atoms with Crippen LogP contribution in [0, 0.1) is 5.41 Å². The third-order valence-corrected chi connectivity index (χ3v) is 8.31. The third-order valence-electron chi connectivity index (χ3n) is 6.63. The van der Waals surface area contributed by atoms with Crippen LogP contribution in [-0.4, -0.2) is 17.8 Å². The first-order valence-corrected chi connectivity index (χ1v) is 13.8. The lowest BCUT2D eigenvalue weighted by Crippen LogP contribution is -2.58. The van der Waals surface area contributed by atoms with E-state index in [0.717, 1.165) is 19.3 Å². The summed E-state index contributed by atoms with van der Waals surface area (Å²) in [5.74, 6) is 0. The Kier molecular flexibility index (Phi) is 15.6. The molecule has 1 unspecified atom stereocenters. The van der Waals surface area contributed by atoms with E-state index in [-0.39, 0.29) is 6.42 Å². The molecule has 0 aromatic carbocycles. The quantitative estimate of drug-likeness (QED) is 0.153. The van der Waals surface area contributed by atoms with E-state index in [2.05, 4.69) is 6.92 Å². The van der Waals surface area contributed by atoms with Crippen LogP contribution in [0.2, 0.25) is 0 Å². The average Bonchev–Trinajstić information content (AvgIpc) is 2.64. The van der Waals surface area contributed by atoms with Crippen LogP contribution >= 0.6 is 0 Å². The molecule has 0 heterocycles. The lowest BCUT2D eigenvalue weighted by atomic mass is 9.77. The van der Waals surface area contributed by atoms with Gasteiger partial charge in [-0.25, -0.2) is 0 Å². The second-order valence-corrected chi connectivity index (χ2v) is 11.4. The van der Waals surface area contributed by atoms with E-state index >= 15 is 0 Å². The summed E-state index contributed by atoms with van der Waals surface area (Å²) in [5.41, 5.74) is 5.55. The van der Waals surface area contributed by atoms with E-state index < -0.39 is 20.4 Å². The molecule has 0 saturated heterocycles. The van der Waals surface area contributed by atoms with Crippen molar-refractivity contribution in [2.24, 2.45) is 11.1 Å². The van der Waals surface area contributed by atoms with Crippen molar-refractivity contribution < 1.29 is 13.0 Å². The van der Waals surface area contributed by atoms with Crippen LogP contribution in [0.25, 0.3) is 0 Å². The van der Waals surface area contributed by atoms with Gasteiger partial charge in [-0.3, -0.25) is 4.55 Å². The lowest BCUT2D eigenvalue weighted by molar-refractivity contribution is 0.190. The minimum Gasteiger partial charge on any atom is -0.310 e. The summed E-state index contributed by atoms with van der Waals surface area (Å²) >= 11 is 0. The molecule has 0 aromatic heterocycles. The van der Waals surface area contributed by atoms with Gasteiger partial charge in [0.15, 0.2) is 0 Å². The van der Waals surface area contributed by atoms with E-state index in [1.165, 1.54) is 83.5 Å². The molecule has 3 N–H and O–H groups in total. The molecule has 0 aliphatic carbocycles. The van der Waals surface area contributed by atoms with E-state index in [9.17, 15) is 13.0 Å². The van der Waals surface area contributed by atoms with Crippen molar-refractivity contribution in [3.63, 3.8) is 0 Å². The first kappa shape index (κ1) is 28.9. The van der Waals surface area contributed by atoms with Crippen LogP contribution in [0.5, 0.6) is 0 Å². The Balaban J connectivity index is 3.76. The van der Waals surface area contributed by atoms with Crippen LogP contribution in [-0.2, 0) is 10.1 Å². The molecule has 0 aliphatic rings. The fourth-order valence-electron chi connectivity index (χ4n) is 4.34. The highest BCUT2D eigenvalue weighted by molar-refractivity contribution is 7.87. The van der Waals surface area contributed by atoms with E-state index in [1.54, 1.807) is 0 Å². The van der Waals surface area contributed by atoms with Gasteiger partial charge in [-0.1, -0.05) is 130 Å². The first-order chi connectivity index (χ1) is 13.6. The molecule has 4 nitrogen and oxygen atoms in total. The zero-order valence-corrected chi connectivity index (χ0v) is 20.8. The predicted octanol–water partition coefficient (Wildman–Crippen LogP) is 7.62. The molecule has 0 saturated carbocycles. The fraction of sp³-hybridized carbons (Fsp3) is 1.00. The van der Waals surface area contributed by atoms with Gasteiger partial charge in [0, 0.05) is 0 Å².